The molecule has 0 aromatic carbocycles. The van der Waals surface area contributed by atoms with Crippen molar-refractivity contribution >= 4 is 5.91 Å². The maximum Gasteiger partial charge on any atom is 0.253 e. The van der Waals surface area contributed by atoms with Crippen molar-refractivity contribution in [2.24, 2.45) is 5.92 Å². The zero-order valence-corrected chi connectivity index (χ0v) is 14.2. The summed E-state index contributed by atoms with van der Waals surface area (Å²) < 4.78 is 1.76. The van der Waals surface area contributed by atoms with E-state index >= 15 is 0 Å². The van der Waals surface area contributed by atoms with Gasteiger partial charge in [0.1, 0.15) is 0 Å². The number of carbonyl (C=O) groups is 1. The first-order chi connectivity index (χ1) is 11.6. The van der Waals surface area contributed by atoms with Gasteiger partial charge in [0.15, 0.2) is 5.82 Å². The van der Waals surface area contributed by atoms with Gasteiger partial charge in [-0.3, -0.25) is 4.79 Å². The fourth-order valence-electron chi connectivity index (χ4n) is 3.37. The predicted molar refractivity (Wildman–Crippen MR) is 91.1 cm³/mol. The van der Waals surface area contributed by atoms with Crippen LogP contribution in [-0.4, -0.2) is 38.4 Å². The van der Waals surface area contributed by atoms with E-state index in [0.717, 1.165) is 37.1 Å². The number of carbonyl (C=O) groups excluding carboxylic acids is 1. The predicted octanol–water partition coefficient (Wildman–Crippen LogP) is 2.17. The van der Waals surface area contributed by atoms with E-state index in [1.807, 2.05) is 19.9 Å². The van der Waals surface area contributed by atoms with E-state index < -0.39 is 0 Å². The monoisotopic (exact) mass is 328 g/mol. The SMILES string of the molecule is Cc1cc(C)n(-c2ccc(C(=O)NC3CCCCC3CO)cn2)n1. The van der Waals surface area contributed by atoms with E-state index in [2.05, 4.69) is 15.4 Å². The topological polar surface area (TPSA) is 80.0 Å². The van der Waals surface area contributed by atoms with Gasteiger partial charge in [-0.15, -0.1) is 0 Å². The van der Waals surface area contributed by atoms with Crippen molar-refractivity contribution in [2.45, 2.75) is 45.6 Å². The number of amides is 1. The molecule has 2 aromatic rings. The van der Waals surface area contributed by atoms with Crippen LogP contribution in [0.5, 0.6) is 0 Å². The Morgan fingerprint density at radius 1 is 1.33 bits per heavy atom. The molecule has 1 amide bonds. The van der Waals surface area contributed by atoms with E-state index in [9.17, 15) is 9.90 Å². The number of aliphatic hydroxyl groups excluding tert-OH is 1. The van der Waals surface area contributed by atoms with Crippen molar-refractivity contribution in [3.8, 4) is 5.82 Å². The highest BCUT2D eigenvalue weighted by Crippen LogP contribution is 2.24. The summed E-state index contributed by atoms with van der Waals surface area (Å²) in [5.74, 6) is 0.723. The molecular weight excluding hydrogens is 304 g/mol. The molecule has 0 bridgehead atoms. The van der Waals surface area contributed by atoms with Gasteiger partial charge < -0.3 is 10.4 Å². The lowest BCUT2D eigenvalue weighted by Gasteiger charge is -2.30. The molecule has 0 radical (unpaired) electrons. The largest absolute Gasteiger partial charge is 0.396 e. The highest BCUT2D eigenvalue weighted by atomic mass is 16.3. The summed E-state index contributed by atoms with van der Waals surface area (Å²) >= 11 is 0. The van der Waals surface area contributed by atoms with Gasteiger partial charge in [-0.2, -0.15) is 5.10 Å². The smallest absolute Gasteiger partial charge is 0.253 e. The molecule has 128 valence electrons. The van der Waals surface area contributed by atoms with Crippen molar-refractivity contribution in [2.75, 3.05) is 6.61 Å². The fourth-order valence-corrected chi connectivity index (χ4v) is 3.37. The van der Waals surface area contributed by atoms with E-state index in [1.54, 1.807) is 23.0 Å². The van der Waals surface area contributed by atoms with Crippen molar-refractivity contribution < 1.29 is 9.90 Å². The van der Waals surface area contributed by atoms with E-state index in [0.29, 0.717) is 11.4 Å². The number of hydrogen-bond acceptors (Lipinski definition) is 4. The summed E-state index contributed by atoms with van der Waals surface area (Å²) in [6, 6.07) is 5.61. The highest BCUT2D eigenvalue weighted by Gasteiger charge is 2.26. The van der Waals surface area contributed by atoms with Crippen molar-refractivity contribution in [1.29, 1.82) is 0 Å². The van der Waals surface area contributed by atoms with Crippen LogP contribution in [-0.2, 0) is 0 Å². The number of nitrogens with one attached hydrogen (secondary N) is 1. The van der Waals surface area contributed by atoms with Crippen LogP contribution >= 0.6 is 0 Å². The minimum atomic E-state index is -0.132. The molecule has 2 N–H and O–H groups in total. The molecule has 3 rings (SSSR count). The van der Waals surface area contributed by atoms with Crippen LogP contribution in [0, 0.1) is 19.8 Å². The number of pyridine rings is 1. The number of nitrogens with zero attached hydrogens (tertiary/aromatic N) is 3. The summed E-state index contributed by atoms with van der Waals surface area (Å²) in [6.07, 6.45) is 5.69. The Bertz CT molecular complexity index is 708. The van der Waals surface area contributed by atoms with Gasteiger partial charge in [-0.1, -0.05) is 12.8 Å². The maximum absolute atomic E-state index is 12.4. The zero-order valence-electron chi connectivity index (χ0n) is 14.2. The van der Waals surface area contributed by atoms with Crippen LogP contribution in [0.25, 0.3) is 5.82 Å². The molecule has 2 unspecified atom stereocenters. The molecule has 1 fully saturated rings. The van der Waals surface area contributed by atoms with Gasteiger partial charge in [0.05, 0.1) is 11.3 Å². The Morgan fingerprint density at radius 2 is 2.12 bits per heavy atom. The number of hydrogen-bond donors (Lipinski definition) is 2. The van der Waals surface area contributed by atoms with Gasteiger partial charge in [-0.25, -0.2) is 9.67 Å². The van der Waals surface area contributed by atoms with Gasteiger partial charge in [0.2, 0.25) is 0 Å². The second kappa shape index (κ2) is 7.13. The molecule has 1 aliphatic rings. The van der Waals surface area contributed by atoms with E-state index in [-0.39, 0.29) is 24.5 Å². The third-order valence-corrected chi connectivity index (χ3v) is 4.70. The summed E-state index contributed by atoms with van der Waals surface area (Å²) in [6.45, 7) is 4.04. The molecule has 6 nitrogen and oxygen atoms in total. The molecule has 1 saturated carbocycles. The minimum absolute atomic E-state index is 0.0481. The number of aromatic nitrogens is 3. The Labute approximate surface area is 141 Å². The molecule has 2 heterocycles. The van der Waals surface area contributed by atoms with Gasteiger partial charge in [0.25, 0.3) is 5.91 Å². The molecule has 0 saturated heterocycles. The molecular formula is C18H24N4O2. The van der Waals surface area contributed by atoms with Gasteiger partial charge in [-0.05, 0) is 44.9 Å². The molecule has 1 aliphatic carbocycles. The molecule has 0 spiro atoms. The van der Waals surface area contributed by atoms with Crippen LogP contribution in [0.1, 0.15) is 47.4 Å². The Kier molecular flexibility index (Phi) is 4.94. The van der Waals surface area contributed by atoms with Crippen LogP contribution in [0.3, 0.4) is 0 Å². The third-order valence-electron chi connectivity index (χ3n) is 4.70. The number of aliphatic hydroxyl groups is 1. The number of rotatable bonds is 4. The second-order valence-electron chi connectivity index (χ2n) is 6.55. The minimum Gasteiger partial charge on any atom is -0.396 e. The Morgan fingerprint density at radius 3 is 2.75 bits per heavy atom. The van der Waals surface area contributed by atoms with E-state index in [1.165, 1.54) is 0 Å². The van der Waals surface area contributed by atoms with Crippen LogP contribution in [0.2, 0.25) is 0 Å². The zero-order chi connectivity index (χ0) is 17.1. The lowest BCUT2D eigenvalue weighted by atomic mass is 9.85. The average molecular weight is 328 g/mol. The van der Waals surface area contributed by atoms with E-state index in [4.69, 9.17) is 0 Å². The maximum atomic E-state index is 12.4. The Hall–Kier alpha value is -2.21. The summed E-state index contributed by atoms with van der Waals surface area (Å²) in [5.41, 5.74) is 2.47. The highest BCUT2D eigenvalue weighted by molar-refractivity contribution is 5.94. The summed E-state index contributed by atoms with van der Waals surface area (Å²) in [4.78, 5) is 16.8. The Balaban J connectivity index is 1.71. The molecule has 2 atom stereocenters. The van der Waals surface area contributed by atoms with Crippen LogP contribution in [0.4, 0.5) is 0 Å². The number of aryl methyl sites for hydroxylation is 2. The van der Waals surface area contributed by atoms with Crippen LogP contribution < -0.4 is 5.32 Å². The standard InChI is InChI=1S/C18H24N4O2/c1-12-9-13(2)22(21-12)17-8-7-14(10-19-17)18(24)20-16-6-4-3-5-15(16)11-23/h7-10,15-16,23H,3-6,11H2,1-2H3,(H,20,24). The first-order valence-electron chi connectivity index (χ1n) is 8.50. The molecule has 0 aliphatic heterocycles. The van der Waals surface area contributed by atoms with Crippen molar-refractivity contribution in [3.63, 3.8) is 0 Å². The summed E-state index contributed by atoms with van der Waals surface area (Å²) in [5, 5.41) is 16.9. The molecule has 2 aromatic heterocycles. The average Bonchev–Trinajstić information content (AvgIpc) is 2.94. The fraction of sp³-hybridized carbons (Fsp3) is 0.500. The lowest BCUT2D eigenvalue weighted by Crippen LogP contribution is -2.43. The molecule has 24 heavy (non-hydrogen) atoms. The van der Waals surface area contributed by atoms with Crippen molar-refractivity contribution in [1.82, 2.24) is 20.1 Å². The first-order valence-corrected chi connectivity index (χ1v) is 8.50. The summed E-state index contributed by atoms with van der Waals surface area (Å²) in [7, 11) is 0. The first kappa shape index (κ1) is 16.6. The third kappa shape index (κ3) is 3.48. The molecule has 6 heteroatoms. The van der Waals surface area contributed by atoms with Crippen LogP contribution in [0.15, 0.2) is 24.4 Å². The lowest BCUT2D eigenvalue weighted by molar-refractivity contribution is 0.0872. The quantitative estimate of drug-likeness (QED) is 0.901. The van der Waals surface area contributed by atoms with Gasteiger partial charge in [0, 0.05) is 30.5 Å². The van der Waals surface area contributed by atoms with Crippen molar-refractivity contribution in [3.05, 3.63) is 41.3 Å². The second-order valence-corrected chi connectivity index (χ2v) is 6.55. The normalized spacial score (nSPS) is 20.8. The van der Waals surface area contributed by atoms with Gasteiger partial charge >= 0.3 is 0 Å².